The van der Waals surface area contributed by atoms with Crippen LogP contribution in [0.3, 0.4) is 0 Å². The van der Waals surface area contributed by atoms with Crippen LogP contribution in [0.4, 0.5) is 4.79 Å². The van der Waals surface area contributed by atoms with Gasteiger partial charge in [-0.3, -0.25) is 0 Å². The lowest BCUT2D eigenvalue weighted by atomic mass is 9.78. The maximum absolute atomic E-state index is 12.2. The number of aliphatic hydroxyl groups is 1. The fraction of sp³-hybridized carbons (Fsp3) is 0.944. The van der Waals surface area contributed by atoms with E-state index in [0.29, 0.717) is 19.5 Å². The minimum Gasteiger partial charge on any atom is -0.444 e. The zero-order valence-corrected chi connectivity index (χ0v) is 16.1. The Morgan fingerprint density at radius 2 is 1.70 bits per heavy atom. The summed E-state index contributed by atoms with van der Waals surface area (Å²) in [5, 5.41) is 9.73. The van der Waals surface area contributed by atoms with Crippen molar-refractivity contribution >= 4 is 6.09 Å². The molecule has 1 heterocycles. The smallest absolute Gasteiger partial charge is 0.410 e. The van der Waals surface area contributed by atoms with Gasteiger partial charge < -0.3 is 19.5 Å². The monoisotopic (exact) mass is 329 g/mol. The molecule has 5 nitrogen and oxygen atoms in total. The Bertz CT molecular complexity index is 406. The summed E-state index contributed by atoms with van der Waals surface area (Å²) in [6, 6.07) is 0. The molecule has 0 aromatic rings. The highest BCUT2D eigenvalue weighted by Gasteiger charge is 2.41. The van der Waals surface area contributed by atoms with Gasteiger partial charge in [0.05, 0.1) is 18.3 Å². The van der Waals surface area contributed by atoms with E-state index in [2.05, 4.69) is 34.6 Å². The summed E-state index contributed by atoms with van der Waals surface area (Å²) in [6.07, 6.45) is 0.349. The number of carbonyl (C=O) groups excluding carboxylic acids is 1. The topological polar surface area (TPSA) is 59.0 Å². The highest BCUT2D eigenvalue weighted by atomic mass is 16.6. The molecule has 23 heavy (non-hydrogen) atoms. The molecular formula is C18H35NO4. The van der Waals surface area contributed by atoms with Crippen LogP contribution in [0.5, 0.6) is 0 Å². The average Bonchev–Trinajstić information content (AvgIpc) is 2.35. The van der Waals surface area contributed by atoms with Crippen LogP contribution in [0.25, 0.3) is 0 Å². The van der Waals surface area contributed by atoms with E-state index >= 15 is 0 Å². The van der Waals surface area contributed by atoms with Crippen molar-refractivity contribution in [3.05, 3.63) is 0 Å². The normalized spacial score (nSPS) is 23.8. The van der Waals surface area contributed by atoms with E-state index in [1.165, 1.54) is 0 Å². The maximum atomic E-state index is 12.2. The molecule has 0 spiro atoms. The van der Waals surface area contributed by atoms with E-state index in [1.807, 2.05) is 20.8 Å². The number of nitrogens with zero attached hydrogens (tertiary/aromatic N) is 1. The minimum atomic E-state index is -0.507. The second kappa shape index (κ2) is 6.98. The third-order valence-corrected chi connectivity index (χ3v) is 4.80. The molecule has 0 saturated carbocycles. The average molecular weight is 329 g/mol. The van der Waals surface area contributed by atoms with Gasteiger partial charge in [0.25, 0.3) is 0 Å². The number of likely N-dealkylation sites (tertiary alicyclic amines) is 1. The fourth-order valence-electron chi connectivity index (χ4n) is 2.39. The number of aliphatic hydroxyl groups excluding tert-OH is 1. The van der Waals surface area contributed by atoms with E-state index in [0.717, 1.165) is 0 Å². The summed E-state index contributed by atoms with van der Waals surface area (Å²) in [7, 11) is 0. The molecule has 1 saturated heterocycles. The van der Waals surface area contributed by atoms with Crippen LogP contribution in [0, 0.1) is 11.3 Å². The SMILES string of the molecule is CC(C)(C)OC(=O)N1CCC(OC(C)(C)C(C)(C)C)C(CO)C1. The summed E-state index contributed by atoms with van der Waals surface area (Å²) >= 11 is 0. The molecule has 136 valence electrons. The molecular weight excluding hydrogens is 294 g/mol. The summed E-state index contributed by atoms with van der Waals surface area (Å²) in [5.74, 6) is -0.0853. The number of hydrogen-bond donors (Lipinski definition) is 1. The summed E-state index contributed by atoms with van der Waals surface area (Å²) in [4.78, 5) is 13.9. The van der Waals surface area contributed by atoms with Crippen LogP contribution in [-0.4, -0.2) is 53.1 Å². The van der Waals surface area contributed by atoms with Crippen molar-refractivity contribution < 1.29 is 19.4 Å². The first-order chi connectivity index (χ1) is 10.3. The molecule has 0 bridgehead atoms. The van der Waals surface area contributed by atoms with Gasteiger partial charge in [0.2, 0.25) is 0 Å². The van der Waals surface area contributed by atoms with Crippen LogP contribution >= 0.6 is 0 Å². The zero-order valence-electron chi connectivity index (χ0n) is 16.1. The van der Waals surface area contributed by atoms with Gasteiger partial charge in [-0.25, -0.2) is 4.79 Å². The number of carbonyl (C=O) groups is 1. The summed E-state index contributed by atoms with van der Waals surface area (Å²) in [6.45, 7) is 17.3. The van der Waals surface area contributed by atoms with Gasteiger partial charge in [-0.1, -0.05) is 20.8 Å². The number of ether oxygens (including phenoxy) is 2. The summed E-state index contributed by atoms with van der Waals surface area (Å²) < 4.78 is 11.8. The number of hydrogen-bond acceptors (Lipinski definition) is 4. The molecule has 5 heteroatoms. The van der Waals surface area contributed by atoms with Crippen LogP contribution in [-0.2, 0) is 9.47 Å². The lowest BCUT2D eigenvalue weighted by molar-refractivity contribution is -0.165. The highest BCUT2D eigenvalue weighted by Crippen LogP contribution is 2.36. The Kier molecular flexibility index (Phi) is 6.14. The standard InChI is InChI=1S/C18H35NO4/c1-16(2,3)18(7,8)22-14-9-10-19(11-13(14)12-20)15(21)23-17(4,5)6/h13-14,20H,9-12H2,1-8H3. The first-order valence-corrected chi connectivity index (χ1v) is 8.53. The molecule has 0 aromatic heterocycles. The predicted molar refractivity (Wildman–Crippen MR) is 91.4 cm³/mol. The predicted octanol–water partition coefficient (Wildman–Crippen LogP) is 3.45. The Morgan fingerprint density at radius 1 is 1.13 bits per heavy atom. The highest BCUT2D eigenvalue weighted by molar-refractivity contribution is 5.68. The molecule has 2 unspecified atom stereocenters. The molecule has 1 fully saturated rings. The minimum absolute atomic E-state index is 0.00415. The van der Waals surface area contributed by atoms with Crippen molar-refractivity contribution in [2.24, 2.45) is 11.3 Å². The molecule has 1 rings (SSSR count). The molecule has 2 atom stereocenters. The molecule has 0 aliphatic carbocycles. The van der Waals surface area contributed by atoms with Crippen molar-refractivity contribution in [1.82, 2.24) is 4.90 Å². The van der Waals surface area contributed by atoms with Crippen LogP contribution in [0.1, 0.15) is 61.8 Å². The molecule has 0 aromatic carbocycles. The van der Waals surface area contributed by atoms with Gasteiger partial charge in [-0.15, -0.1) is 0 Å². The first-order valence-electron chi connectivity index (χ1n) is 8.53. The molecule has 1 amide bonds. The Morgan fingerprint density at radius 3 is 2.13 bits per heavy atom. The number of rotatable bonds is 3. The Balaban J connectivity index is 2.71. The van der Waals surface area contributed by atoms with Crippen LogP contribution < -0.4 is 0 Å². The first kappa shape index (κ1) is 20.2. The molecule has 1 N–H and O–H groups in total. The van der Waals surface area contributed by atoms with Crippen molar-refractivity contribution in [1.29, 1.82) is 0 Å². The van der Waals surface area contributed by atoms with Gasteiger partial charge in [0, 0.05) is 19.0 Å². The van der Waals surface area contributed by atoms with E-state index in [-0.39, 0.29) is 35.7 Å². The number of amides is 1. The largest absolute Gasteiger partial charge is 0.444 e. The van der Waals surface area contributed by atoms with E-state index in [4.69, 9.17) is 9.47 Å². The molecule has 0 radical (unpaired) electrons. The maximum Gasteiger partial charge on any atom is 0.410 e. The fourth-order valence-corrected chi connectivity index (χ4v) is 2.39. The second-order valence-electron chi connectivity index (χ2n) is 9.07. The van der Waals surface area contributed by atoms with Crippen molar-refractivity contribution in [2.45, 2.75) is 79.1 Å². The third kappa shape index (κ3) is 5.64. The van der Waals surface area contributed by atoms with Gasteiger partial charge >= 0.3 is 6.09 Å². The van der Waals surface area contributed by atoms with Gasteiger partial charge in [0.1, 0.15) is 5.60 Å². The van der Waals surface area contributed by atoms with Crippen LogP contribution in [0.2, 0.25) is 0 Å². The van der Waals surface area contributed by atoms with Gasteiger partial charge in [-0.2, -0.15) is 0 Å². The summed E-state index contributed by atoms with van der Waals surface area (Å²) in [5.41, 5.74) is -0.818. The zero-order chi connectivity index (χ0) is 18.1. The van der Waals surface area contributed by atoms with Crippen molar-refractivity contribution in [3.8, 4) is 0 Å². The Hall–Kier alpha value is -0.810. The lowest BCUT2D eigenvalue weighted by Gasteiger charge is -2.46. The third-order valence-electron chi connectivity index (χ3n) is 4.80. The quantitative estimate of drug-likeness (QED) is 0.861. The van der Waals surface area contributed by atoms with E-state index in [1.54, 1.807) is 4.90 Å². The van der Waals surface area contributed by atoms with Gasteiger partial charge in [0.15, 0.2) is 0 Å². The van der Waals surface area contributed by atoms with Gasteiger partial charge in [-0.05, 0) is 46.5 Å². The number of piperidine rings is 1. The van der Waals surface area contributed by atoms with Crippen molar-refractivity contribution in [3.63, 3.8) is 0 Å². The van der Waals surface area contributed by atoms with Crippen LogP contribution in [0.15, 0.2) is 0 Å². The van der Waals surface area contributed by atoms with Crippen molar-refractivity contribution in [2.75, 3.05) is 19.7 Å². The lowest BCUT2D eigenvalue weighted by Crippen LogP contribution is -2.53. The Labute approximate surface area is 141 Å². The second-order valence-corrected chi connectivity index (χ2v) is 9.07. The molecule has 1 aliphatic rings. The van der Waals surface area contributed by atoms with E-state index in [9.17, 15) is 9.90 Å². The van der Waals surface area contributed by atoms with E-state index < -0.39 is 5.60 Å². The molecule has 1 aliphatic heterocycles.